The van der Waals surface area contributed by atoms with Crippen molar-refractivity contribution in [2.75, 3.05) is 6.61 Å². The molecule has 3 aromatic rings. The summed E-state index contributed by atoms with van der Waals surface area (Å²) in [6.07, 6.45) is 1.47. The zero-order valence-corrected chi connectivity index (χ0v) is 14.2. The lowest BCUT2D eigenvalue weighted by molar-refractivity contribution is 0.0526. The Kier molecular flexibility index (Phi) is 4.63. The van der Waals surface area contributed by atoms with Crippen LogP contribution in [0.1, 0.15) is 17.3 Å². The van der Waals surface area contributed by atoms with E-state index in [2.05, 4.69) is 15.9 Å². The van der Waals surface area contributed by atoms with Crippen molar-refractivity contribution in [3.05, 3.63) is 70.9 Å². The number of rotatable bonds is 4. The predicted octanol–water partition coefficient (Wildman–Crippen LogP) is 5.55. The molecule has 116 valence electrons. The number of esters is 1. The van der Waals surface area contributed by atoms with Gasteiger partial charge < -0.3 is 9.15 Å². The molecule has 0 atom stereocenters. The van der Waals surface area contributed by atoms with Crippen LogP contribution in [0.5, 0.6) is 0 Å². The summed E-state index contributed by atoms with van der Waals surface area (Å²) in [5.41, 5.74) is 2.97. The summed E-state index contributed by atoms with van der Waals surface area (Å²) in [6, 6.07) is 17.5. The van der Waals surface area contributed by atoms with Gasteiger partial charge in [0.25, 0.3) is 0 Å². The van der Waals surface area contributed by atoms with Gasteiger partial charge in [0.1, 0.15) is 17.6 Å². The van der Waals surface area contributed by atoms with Crippen LogP contribution in [-0.2, 0) is 4.74 Å². The van der Waals surface area contributed by atoms with E-state index < -0.39 is 0 Å². The van der Waals surface area contributed by atoms with Gasteiger partial charge in [-0.1, -0.05) is 64.5 Å². The van der Waals surface area contributed by atoms with Crippen molar-refractivity contribution in [2.24, 2.45) is 0 Å². The zero-order chi connectivity index (χ0) is 16.2. The summed E-state index contributed by atoms with van der Waals surface area (Å²) in [4.78, 5) is 12.3. The highest BCUT2D eigenvalue weighted by molar-refractivity contribution is 9.10. The van der Waals surface area contributed by atoms with E-state index in [0.717, 1.165) is 21.2 Å². The van der Waals surface area contributed by atoms with Crippen LogP contribution in [0.4, 0.5) is 0 Å². The van der Waals surface area contributed by atoms with Crippen molar-refractivity contribution in [3.8, 4) is 22.5 Å². The maximum Gasteiger partial charge on any atom is 0.342 e. The fraction of sp³-hybridized carbons (Fsp3) is 0.105. The predicted molar refractivity (Wildman–Crippen MR) is 93.2 cm³/mol. The second-order valence-electron chi connectivity index (χ2n) is 4.92. The lowest BCUT2D eigenvalue weighted by Crippen LogP contribution is -2.05. The number of hydrogen-bond acceptors (Lipinski definition) is 3. The topological polar surface area (TPSA) is 39.4 Å². The van der Waals surface area contributed by atoms with Crippen LogP contribution in [0, 0.1) is 0 Å². The second-order valence-corrected chi connectivity index (χ2v) is 5.77. The monoisotopic (exact) mass is 370 g/mol. The molecule has 0 radical (unpaired) electrons. The van der Waals surface area contributed by atoms with E-state index >= 15 is 0 Å². The molecule has 0 unspecified atom stereocenters. The van der Waals surface area contributed by atoms with Crippen LogP contribution in [0.3, 0.4) is 0 Å². The summed E-state index contributed by atoms with van der Waals surface area (Å²) in [6.45, 7) is 2.11. The minimum atomic E-state index is -0.385. The number of carbonyl (C=O) groups is 1. The third-order valence-electron chi connectivity index (χ3n) is 3.47. The third-order valence-corrected chi connectivity index (χ3v) is 4.16. The molecule has 3 rings (SSSR count). The Morgan fingerprint density at radius 3 is 2.48 bits per heavy atom. The van der Waals surface area contributed by atoms with Gasteiger partial charge in [-0.25, -0.2) is 4.79 Å². The van der Waals surface area contributed by atoms with Crippen LogP contribution in [-0.4, -0.2) is 12.6 Å². The minimum absolute atomic E-state index is 0.320. The molecule has 0 bridgehead atoms. The Morgan fingerprint density at radius 1 is 1.09 bits per heavy atom. The Hall–Kier alpha value is -2.33. The molecule has 2 aromatic carbocycles. The molecule has 4 heteroatoms. The number of carbonyl (C=O) groups excluding carboxylic acids is 1. The third kappa shape index (κ3) is 3.08. The fourth-order valence-electron chi connectivity index (χ4n) is 2.45. The lowest BCUT2D eigenvalue weighted by Gasteiger charge is -2.08. The molecule has 0 aliphatic carbocycles. The molecule has 0 spiro atoms. The largest absolute Gasteiger partial charge is 0.463 e. The number of benzene rings is 2. The van der Waals surface area contributed by atoms with Crippen molar-refractivity contribution in [1.29, 1.82) is 0 Å². The van der Waals surface area contributed by atoms with Gasteiger partial charge in [-0.2, -0.15) is 0 Å². The van der Waals surface area contributed by atoms with Gasteiger partial charge in [-0.05, 0) is 13.0 Å². The normalized spacial score (nSPS) is 10.5. The molecule has 0 N–H and O–H groups in total. The first kappa shape index (κ1) is 15.6. The number of halogens is 1. The van der Waals surface area contributed by atoms with Crippen LogP contribution in [0.2, 0.25) is 0 Å². The molecule has 3 nitrogen and oxygen atoms in total. The Bertz CT molecular complexity index is 822. The van der Waals surface area contributed by atoms with Crippen LogP contribution < -0.4 is 0 Å². The molecule has 1 aromatic heterocycles. The van der Waals surface area contributed by atoms with Crippen molar-refractivity contribution < 1.29 is 13.9 Å². The Labute approximate surface area is 143 Å². The molecule has 0 aliphatic rings. The number of ether oxygens (including phenoxy) is 1. The highest BCUT2D eigenvalue weighted by atomic mass is 79.9. The van der Waals surface area contributed by atoms with Gasteiger partial charge in [0.05, 0.1) is 6.61 Å². The first-order chi connectivity index (χ1) is 11.2. The van der Waals surface area contributed by atoms with E-state index in [4.69, 9.17) is 9.15 Å². The maximum atomic E-state index is 12.3. The fourth-order valence-corrected chi connectivity index (χ4v) is 2.93. The van der Waals surface area contributed by atoms with Crippen molar-refractivity contribution in [2.45, 2.75) is 6.92 Å². The van der Waals surface area contributed by atoms with E-state index in [-0.39, 0.29) is 5.97 Å². The molecular formula is C19H15BrO3. The van der Waals surface area contributed by atoms with Gasteiger partial charge in [-0.3, -0.25) is 0 Å². The van der Waals surface area contributed by atoms with Crippen LogP contribution in [0.15, 0.2) is 69.8 Å². The highest BCUT2D eigenvalue weighted by Crippen LogP contribution is 2.40. The average molecular weight is 371 g/mol. The van der Waals surface area contributed by atoms with Gasteiger partial charge >= 0.3 is 5.97 Å². The van der Waals surface area contributed by atoms with Crippen molar-refractivity contribution >= 4 is 21.9 Å². The van der Waals surface area contributed by atoms with Gasteiger partial charge in [0.15, 0.2) is 0 Å². The molecule has 0 amide bonds. The lowest BCUT2D eigenvalue weighted by atomic mass is 9.98. The first-order valence-corrected chi connectivity index (χ1v) is 8.10. The Morgan fingerprint density at radius 2 is 1.78 bits per heavy atom. The van der Waals surface area contributed by atoms with Gasteiger partial charge in [-0.15, -0.1) is 0 Å². The molecule has 0 fully saturated rings. The Balaban J connectivity index is 2.23. The van der Waals surface area contributed by atoms with Crippen molar-refractivity contribution in [3.63, 3.8) is 0 Å². The van der Waals surface area contributed by atoms with Crippen molar-refractivity contribution in [1.82, 2.24) is 0 Å². The van der Waals surface area contributed by atoms with E-state index in [1.807, 2.05) is 54.6 Å². The van der Waals surface area contributed by atoms with E-state index in [1.54, 1.807) is 6.92 Å². The molecular weight excluding hydrogens is 356 g/mol. The van der Waals surface area contributed by atoms with Crippen LogP contribution >= 0.6 is 15.9 Å². The second kappa shape index (κ2) is 6.84. The maximum absolute atomic E-state index is 12.3. The minimum Gasteiger partial charge on any atom is -0.463 e. The summed E-state index contributed by atoms with van der Waals surface area (Å²) < 4.78 is 11.8. The molecule has 23 heavy (non-hydrogen) atoms. The molecule has 0 aliphatic heterocycles. The van der Waals surface area contributed by atoms with E-state index in [9.17, 15) is 4.79 Å². The first-order valence-electron chi connectivity index (χ1n) is 7.31. The molecule has 0 saturated heterocycles. The number of furan rings is 1. The summed E-state index contributed by atoms with van der Waals surface area (Å²) in [5, 5.41) is 0. The van der Waals surface area contributed by atoms with Crippen LogP contribution in [0.25, 0.3) is 22.5 Å². The zero-order valence-electron chi connectivity index (χ0n) is 12.6. The average Bonchev–Trinajstić information content (AvgIpc) is 3.01. The van der Waals surface area contributed by atoms with E-state index in [0.29, 0.717) is 17.9 Å². The number of hydrogen-bond donors (Lipinski definition) is 0. The van der Waals surface area contributed by atoms with Gasteiger partial charge in [0.2, 0.25) is 0 Å². The highest BCUT2D eigenvalue weighted by Gasteiger charge is 2.24. The smallest absolute Gasteiger partial charge is 0.342 e. The standard InChI is InChI=1S/C19H15BrO3/c1-2-22-19(21)15-12-23-18(13-8-4-3-5-9-13)17(15)14-10-6-7-11-16(14)20/h3-12H,2H2,1H3. The SMILES string of the molecule is CCOC(=O)c1coc(-c2ccccc2)c1-c1ccccc1Br. The molecule has 0 saturated carbocycles. The summed E-state index contributed by atoms with van der Waals surface area (Å²) >= 11 is 3.55. The van der Waals surface area contributed by atoms with Gasteiger partial charge in [0, 0.05) is 21.2 Å². The van der Waals surface area contributed by atoms with E-state index in [1.165, 1.54) is 6.26 Å². The summed E-state index contributed by atoms with van der Waals surface area (Å²) in [5.74, 6) is 0.268. The summed E-state index contributed by atoms with van der Waals surface area (Å²) in [7, 11) is 0. The molecule has 1 heterocycles. The quantitative estimate of drug-likeness (QED) is 0.564.